The lowest BCUT2D eigenvalue weighted by Gasteiger charge is -2.05. The Morgan fingerprint density at radius 1 is 1.39 bits per heavy atom. The smallest absolute Gasteiger partial charge is 0.253 e. The average molecular weight is 401 g/mol. The van der Waals surface area contributed by atoms with Crippen LogP contribution in [-0.4, -0.2) is 39.4 Å². The fourth-order valence-electron chi connectivity index (χ4n) is 1.21. The van der Waals surface area contributed by atoms with Gasteiger partial charge in [-0.2, -0.15) is 0 Å². The molecule has 7 heteroatoms. The van der Waals surface area contributed by atoms with Crippen LogP contribution >= 0.6 is 43.2 Å². The van der Waals surface area contributed by atoms with Crippen molar-refractivity contribution < 1.29 is 14.3 Å². The van der Waals surface area contributed by atoms with Gasteiger partial charge in [-0.15, -0.1) is 11.3 Å². The molecule has 18 heavy (non-hydrogen) atoms. The number of amides is 1. The molecule has 0 aliphatic rings. The van der Waals surface area contributed by atoms with Gasteiger partial charge in [0.1, 0.15) is 0 Å². The standard InChI is InChI=1S/C11H15Br2NO3S/c1-16-5-6-17-4-2-3-14-11(15)8-7-9(12)18-10(8)13/h7H,2-6H2,1H3,(H,14,15). The molecule has 1 rings (SSSR count). The zero-order valence-electron chi connectivity index (χ0n) is 10.0. The maximum Gasteiger partial charge on any atom is 0.253 e. The summed E-state index contributed by atoms with van der Waals surface area (Å²) < 4.78 is 11.9. The van der Waals surface area contributed by atoms with E-state index in [2.05, 4.69) is 37.2 Å². The first-order valence-electron chi connectivity index (χ1n) is 5.45. The van der Waals surface area contributed by atoms with Crippen molar-refractivity contribution >= 4 is 49.1 Å². The maximum atomic E-state index is 11.8. The molecular formula is C11H15Br2NO3S. The van der Waals surface area contributed by atoms with Gasteiger partial charge in [-0.05, 0) is 44.3 Å². The van der Waals surface area contributed by atoms with Gasteiger partial charge in [0.25, 0.3) is 5.91 Å². The van der Waals surface area contributed by atoms with Crippen LogP contribution in [0.2, 0.25) is 0 Å². The highest BCUT2D eigenvalue weighted by Gasteiger charge is 2.12. The monoisotopic (exact) mass is 399 g/mol. The fourth-order valence-corrected chi connectivity index (χ4v) is 4.00. The number of hydrogen-bond donors (Lipinski definition) is 1. The van der Waals surface area contributed by atoms with Crippen molar-refractivity contribution in [1.82, 2.24) is 5.32 Å². The highest BCUT2D eigenvalue weighted by molar-refractivity contribution is 9.12. The third-order valence-electron chi connectivity index (χ3n) is 2.08. The van der Waals surface area contributed by atoms with Crippen LogP contribution in [0.5, 0.6) is 0 Å². The predicted octanol–water partition coefficient (Wildman–Crippen LogP) is 3.06. The zero-order valence-corrected chi connectivity index (χ0v) is 14.0. The number of ether oxygens (including phenoxy) is 2. The summed E-state index contributed by atoms with van der Waals surface area (Å²) in [6, 6.07) is 1.80. The molecule has 1 amide bonds. The number of halogens is 2. The van der Waals surface area contributed by atoms with Gasteiger partial charge in [-0.3, -0.25) is 4.79 Å². The first kappa shape index (κ1) is 16.1. The van der Waals surface area contributed by atoms with E-state index >= 15 is 0 Å². The van der Waals surface area contributed by atoms with Crippen molar-refractivity contribution in [2.75, 3.05) is 33.5 Å². The van der Waals surface area contributed by atoms with E-state index in [9.17, 15) is 4.79 Å². The Kier molecular flexibility index (Phi) is 8.08. The van der Waals surface area contributed by atoms with Crippen LogP contribution in [0.15, 0.2) is 13.6 Å². The summed E-state index contributed by atoms with van der Waals surface area (Å²) in [7, 11) is 1.64. The van der Waals surface area contributed by atoms with E-state index in [1.807, 2.05) is 0 Å². The normalized spacial score (nSPS) is 10.6. The van der Waals surface area contributed by atoms with Crippen molar-refractivity contribution in [3.63, 3.8) is 0 Å². The molecule has 0 unspecified atom stereocenters. The number of nitrogens with one attached hydrogen (secondary N) is 1. The summed E-state index contributed by atoms with van der Waals surface area (Å²) in [4.78, 5) is 11.8. The van der Waals surface area contributed by atoms with E-state index in [1.54, 1.807) is 13.2 Å². The molecule has 0 spiro atoms. The van der Waals surface area contributed by atoms with Crippen molar-refractivity contribution in [2.24, 2.45) is 0 Å². The van der Waals surface area contributed by atoms with Crippen molar-refractivity contribution in [2.45, 2.75) is 6.42 Å². The number of hydrogen-bond acceptors (Lipinski definition) is 4. The van der Waals surface area contributed by atoms with Crippen molar-refractivity contribution in [3.05, 3.63) is 19.2 Å². The molecule has 1 aromatic heterocycles. The molecule has 1 N–H and O–H groups in total. The minimum atomic E-state index is -0.0688. The molecule has 0 aromatic carbocycles. The Morgan fingerprint density at radius 2 is 2.17 bits per heavy atom. The minimum Gasteiger partial charge on any atom is -0.382 e. The van der Waals surface area contributed by atoms with E-state index in [-0.39, 0.29) is 5.91 Å². The Morgan fingerprint density at radius 3 is 2.78 bits per heavy atom. The van der Waals surface area contributed by atoms with Gasteiger partial charge >= 0.3 is 0 Å². The van der Waals surface area contributed by atoms with Gasteiger partial charge in [0.05, 0.1) is 26.4 Å². The second-order valence-corrected chi connectivity index (χ2v) is 7.20. The first-order valence-corrected chi connectivity index (χ1v) is 7.85. The molecular weight excluding hydrogens is 386 g/mol. The number of carbonyl (C=O) groups excluding carboxylic acids is 1. The van der Waals surface area contributed by atoms with Crippen LogP contribution in [0.1, 0.15) is 16.8 Å². The molecule has 1 heterocycles. The van der Waals surface area contributed by atoms with Crippen LogP contribution < -0.4 is 5.32 Å². The molecule has 0 bridgehead atoms. The van der Waals surface area contributed by atoms with Gasteiger partial charge in [0.2, 0.25) is 0 Å². The molecule has 0 fully saturated rings. The van der Waals surface area contributed by atoms with Gasteiger partial charge in [-0.25, -0.2) is 0 Å². The summed E-state index contributed by atoms with van der Waals surface area (Å²) >= 11 is 8.19. The van der Waals surface area contributed by atoms with E-state index in [1.165, 1.54) is 11.3 Å². The predicted molar refractivity (Wildman–Crippen MR) is 79.4 cm³/mol. The van der Waals surface area contributed by atoms with Crippen LogP contribution in [0.3, 0.4) is 0 Å². The minimum absolute atomic E-state index is 0.0688. The van der Waals surface area contributed by atoms with E-state index in [0.717, 1.165) is 14.0 Å². The lowest BCUT2D eigenvalue weighted by Crippen LogP contribution is -2.25. The summed E-state index contributed by atoms with van der Waals surface area (Å²) in [6.07, 6.45) is 0.790. The SMILES string of the molecule is COCCOCCCNC(=O)c1cc(Br)sc1Br. The zero-order chi connectivity index (χ0) is 13.4. The summed E-state index contributed by atoms with van der Waals surface area (Å²) in [5, 5.41) is 2.85. The molecule has 102 valence electrons. The van der Waals surface area contributed by atoms with Crippen LogP contribution in [0, 0.1) is 0 Å². The highest BCUT2D eigenvalue weighted by atomic mass is 79.9. The molecule has 4 nitrogen and oxygen atoms in total. The fraction of sp³-hybridized carbons (Fsp3) is 0.545. The Labute approximate surface area is 127 Å². The molecule has 0 atom stereocenters. The van der Waals surface area contributed by atoms with E-state index < -0.39 is 0 Å². The second kappa shape index (κ2) is 9.03. The number of carbonyl (C=O) groups is 1. The van der Waals surface area contributed by atoms with Crippen molar-refractivity contribution in [3.8, 4) is 0 Å². The molecule has 1 aromatic rings. The number of thiophene rings is 1. The topological polar surface area (TPSA) is 47.6 Å². The molecule has 0 saturated heterocycles. The quantitative estimate of drug-likeness (QED) is 0.682. The van der Waals surface area contributed by atoms with Crippen LogP contribution in [0.4, 0.5) is 0 Å². The summed E-state index contributed by atoms with van der Waals surface area (Å²) in [5.74, 6) is -0.0688. The molecule has 0 aliphatic carbocycles. The number of methoxy groups -OCH3 is 1. The Bertz CT molecular complexity index is 384. The maximum absolute atomic E-state index is 11.8. The molecule has 0 saturated carbocycles. The summed E-state index contributed by atoms with van der Waals surface area (Å²) in [6.45, 7) is 2.42. The van der Waals surface area contributed by atoms with E-state index in [4.69, 9.17) is 9.47 Å². The van der Waals surface area contributed by atoms with Gasteiger partial charge in [0.15, 0.2) is 0 Å². The van der Waals surface area contributed by atoms with Gasteiger partial charge in [0, 0.05) is 20.3 Å². The first-order chi connectivity index (χ1) is 8.65. The van der Waals surface area contributed by atoms with Gasteiger partial charge in [-0.1, -0.05) is 0 Å². The Hall–Kier alpha value is 0.0500. The van der Waals surface area contributed by atoms with Crippen molar-refractivity contribution in [1.29, 1.82) is 0 Å². The van der Waals surface area contributed by atoms with Crippen LogP contribution in [-0.2, 0) is 9.47 Å². The Balaban J connectivity index is 2.16. The average Bonchev–Trinajstić information content (AvgIpc) is 2.67. The largest absolute Gasteiger partial charge is 0.382 e. The molecule has 0 radical (unpaired) electrons. The number of rotatable bonds is 8. The third-order valence-corrected chi connectivity index (χ3v) is 4.42. The van der Waals surface area contributed by atoms with Crippen LogP contribution in [0.25, 0.3) is 0 Å². The third kappa shape index (κ3) is 5.79. The van der Waals surface area contributed by atoms with Gasteiger partial charge < -0.3 is 14.8 Å². The highest BCUT2D eigenvalue weighted by Crippen LogP contribution is 2.31. The summed E-state index contributed by atoms with van der Waals surface area (Å²) in [5.41, 5.74) is 0.659. The lowest BCUT2D eigenvalue weighted by molar-refractivity contribution is 0.0688. The van der Waals surface area contributed by atoms with E-state index in [0.29, 0.717) is 31.9 Å². The second-order valence-electron chi connectivity index (χ2n) is 3.45. The molecule has 0 aliphatic heterocycles. The lowest BCUT2D eigenvalue weighted by atomic mass is 10.3.